The van der Waals surface area contributed by atoms with Gasteiger partial charge in [-0.25, -0.2) is 18.1 Å². The molecule has 0 amide bonds. The maximum atomic E-state index is 13.0. The predicted molar refractivity (Wildman–Crippen MR) is 145 cm³/mol. The number of rotatable bonds is 8. The number of nitrogens with one attached hydrogen (secondary N) is 1. The normalized spacial score (nSPS) is 11.6. The summed E-state index contributed by atoms with van der Waals surface area (Å²) in [6, 6.07) is 20.6. The van der Waals surface area contributed by atoms with Crippen LogP contribution in [0.15, 0.2) is 99.4 Å². The Hall–Kier alpha value is -4.57. The second-order valence-electron chi connectivity index (χ2n) is 8.75. The van der Waals surface area contributed by atoms with Gasteiger partial charge in [-0.2, -0.15) is 0 Å². The molecule has 0 aliphatic carbocycles. The molecule has 5 rings (SSSR count). The van der Waals surface area contributed by atoms with Gasteiger partial charge < -0.3 is 13.9 Å². The van der Waals surface area contributed by atoms with Gasteiger partial charge in [0, 0.05) is 11.5 Å². The molecule has 194 valence electrons. The fourth-order valence-corrected chi connectivity index (χ4v) is 5.13. The standard InChI is InChI=1S/C28H25N3O6S/c1-18(2)37-22-6-4-5-19(15-22)20-7-10-25(26(17-20)35-3)31-24-11-9-23(16-21(24)8-12-27(31)32)38(33,34)30-28-29-13-14-36-28/h4-18H,1-3H3,(H,29,30). The molecule has 0 unspecified atom stereocenters. The lowest BCUT2D eigenvalue weighted by Crippen LogP contribution is -2.18. The number of fused-ring (bicyclic) bond motifs is 1. The molecule has 2 aromatic heterocycles. The first-order chi connectivity index (χ1) is 18.2. The van der Waals surface area contributed by atoms with E-state index in [1.807, 2.05) is 50.2 Å². The van der Waals surface area contributed by atoms with Crippen LogP contribution in [0.4, 0.5) is 6.01 Å². The van der Waals surface area contributed by atoms with Gasteiger partial charge in [-0.15, -0.1) is 0 Å². The topological polar surface area (TPSA) is 113 Å². The Bertz CT molecular complexity index is 1780. The number of ether oxygens (including phenoxy) is 2. The number of hydrogen-bond donors (Lipinski definition) is 1. The van der Waals surface area contributed by atoms with E-state index in [0.29, 0.717) is 22.3 Å². The van der Waals surface area contributed by atoms with Crippen molar-refractivity contribution in [2.45, 2.75) is 24.8 Å². The third kappa shape index (κ3) is 4.98. The molecular formula is C28H25N3O6S. The number of benzene rings is 3. The third-order valence-corrected chi connectivity index (χ3v) is 7.11. The molecule has 0 radical (unpaired) electrons. The Labute approximate surface area is 219 Å². The van der Waals surface area contributed by atoms with Gasteiger partial charge in [0.15, 0.2) is 0 Å². The third-order valence-electron chi connectivity index (χ3n) is 5.79. The fourth-order valence-electron chi connectivity index (χ4n) is 4.15. The van der Waals surface area contributed by atoms with Crippen LogP contribution in [0.25, 0.3) is 27.7 Å². The van der Waals surface area contributed by atoms with E-state index in [1.165, 1.54) is 42.3 Å². The number of pyridine rings is 1. The molecule has 0 saturated carbocycles. The lowest BCUT2D eigenvalue weighted by atomic mass is 10.0. The van der Waals surface area contributed by atoms with Gasteiger partial charge in [0.25, 0.3) is 15.6 Å². The zero-order valence-corrected chi connectivity index (χ0v) is 21.7. The lowest BCUT2D eigenvalue weighted by Gasteiger charge is -2.16. The number of aromatic nitrogens is 2. The van der Waals surface area contributed by atoms with Crippen molar-refractivity contribution in [1.82, 2.24) is 9.55 Å². The summed E-state index contributed by atoms with van der Waals surface area (Å²) in [4.78, 5) is 16.8. The van der Waals surface area contributed by atoms with Crippen molar-refractivity contribution >= 4 is 26.9 Å². The van der Waals surface area contributed by atoms with Crippen LogP contribution in [0, 0.1) is 0 Å². The van der Waals surface area contributed by atoms with Crippen LogP contribution in [0.3, 0.4) is 0 Å². The monoisotopic (exact) mass is 531 g/mol. The molecule has 9 nitrogen and oxygen atoms in total. The van der Waals surface area contributed by atoms with E-state index in [2.05, 4.69) is 9.71 Å². The summed E-state index contributed by atoms with van der Waals surface area (Å²) < 4.78 is 45.9. The van der Waals surface area contributed by atoms with E-state index in [4.69, 9.17) is 13.9 Å². The Morgan fingerprint density at radius 3 is 2.53 bits per heavy atom. The van der Waals surface area contributed by atoms with Crippen molar-refractivity contribution in [2.24, 2.45) is 0 Å². The van der Waals surface area contributed by atoms with Gasteiger partial charge in [0.2, 0.25) is 0 Å². The van der Waals surface area contributed by atoms with Gasteiger partial charge in [0.05, 0.1) is 35.5 Å². The molecular weight excluding hydrogens is 506 g/mol. The van der Waals surface area contributed by atoms with E-state index in [1.54, 1.807) is 18.2 Å². The van der Waals surface area contributed by atoms with Crippen LogP contribution in [-0.2, 0) is 10.0 Å². The number of oxazole rings is 1. The van der Waals surface area contributed by atoms with Crippen LogP contribution in [0.2, 0.25) is 0 Å². The van der Waals surface area contributed by atoms with Crippen molar-refractivity contribution in [3.8, 4) is 28.3 Å². The highest BCUT2D eigenvalue weighted by molar-refractivity contribution is 7.92. The van der Waals surface area contributed by atoms with E-state index >= 15 is 0 Å². The second-order valence-corrected chi connectivity index (χ2v) is 10.4. The Morgan fingerprint density at radius 2 is 1.79 bits per heavy atom. The minimum atomic E-state index is -3.95. The Kier molecular flexibility index (Phi) is 6.64. The zero-order chi connectivity index (χ0) is 26.9. The van der Waals surface area contributed by atoms with Gasteiger partial charge in [-0.05, 0) is 73.5 Å². The highest BCUT2D eigenvalue weighted by Crippen LogP contribution is 2.32. The molecule has 1 N–H and O–H groups in total. The molecule has 0 bridgehead atoms. The first-order valence-corrected chi connectivity index (χ1v) is 13.3. The first-order valence-electron chi connectivity index (χ1n) is 11.8. The Balaban J connectivity index is 1.57. The van der Waals surface area contributed by atoms with Crippen molar-refractivity contribution in [1.29, 1.82) is 0 Å². The molecule has 38 heavy (non-hydrogen) atoms. The molecule has 0 atom stereocenters. The number of sulfonamides is 1. The van der Waals surface area contributed by atoms with Gasteiger partial charge in [-0.3, -0.25) is 9.36 Å². The van der Waals surface area contributed by atoms with Crippen molar-refractivity contribution < 1.29 is 22.3 Å². The molecule has 0 spiro atoms. The smallest absolute Gasteiger partial charge is 0.308 e. The quantitative estimate of drug-likeness (QED) is 0.291. The van der Waals surface area contributed by atoms with Crippen molar-refractivity contribution in [3.05, 3.63) is 95.6 Å². The summed E-state index contributed by atoms with van der Waals surface area (Å²) in [5, 5.41) is 0.546. The zero-order valence-electron chi connectivity index (χ0n) is 20.9. The second kappa shape index (κ2) is 10.1. The van der Waals surface area contributed by atoms with Crippen molar-refractivity contribution in [2.75, 3.05) is 11.8 Å². The summed E-state index contributed by atoms with van der Waals surface area (Å²) in [7, 11) is -2.41. The number of anilines is 1. The van der Waals surface area contributed by atoms with Gasteiger partial charge >= 0.3 is 6.01 Å². The summed E-state index contributed by atoms with van der Waals surface area (Å²) >= 11 is 0. The largest absolute Gasteiger partial charge is 0.495 e. The first kappa shape index (κ1) is 25.1. The molecule has 0 aliphatic rings. The van der Waals surface area contributed by atoms with Crippen LogP contribution < -0.4 is 19.8 Å². The summed E-state index contributed by atoms with van der Waals surface area (Å²) in [5.74, 6) is 1.24. The molecule has 5 aromatic rings. The average molecular weight is 532 g/mol. The highest BCUT2D eigenvalue weighted by atomic mass is 32.2. The van der Waals surface area contributed by atoms with Gasteiger partial charge in [0.1, 0.15) is 17.8 Å². The molecule has 0 saturated heterocycles. The minimum Gasteiger partial charge on any atom is -0.495 e. The SMILES string of the molecule is COc1cc(-c2cccc(OC(C)C)c2)ccc1-n1c(=O)ccc2cc(S(=O)(=O)Nc3ncco3)ccc21. The molecule has 0 aliphatic heterocycles. The van der Waals surface area contributed by atoms with E-state index < -0.39 is 10.0 Å². The van der Waals surface area contributed by atoms with Crippen LogP contribution in [-0.4, -0.2) is 31.2 Å². The molecule has 2 heterocycles. The fraction of sp³-hybridized carbons (Fsp3) is 0.143. The highest BCUT2D eigenvalue weighted by Gasteiger charge is 2.19. The summed E-state index contributed by atoms with van der Waals surface area (Å²) in [6.07, 6.45) is 2.66. The molecule has 3 aromatic carbocycles. The molecule has 0 fully saturated rings. The minimum absolute atomic E-state index is 0.000731. The molecule has 10 heteroatoms. The summed E-state index contributed by atoms with van der Waals surface area (Å²) in [6.45, 7) is 3.94. The lowest BCUT2D eigenvalue weighted by molar-refractivity contribution is 0.242. The summed E-state index contributed by atoms with van der Waals surface area (Å²) in [5.41, 5.74) is 2.58. The van der Waals surface area contributed by atoms with Crippen LogP contribution >= 0.6 is 0 Å². The van der Waals surface area contributed by atoms with Crippen LogP contribution in [0.5, 0.6) is 11.5 Å². The van der Waals surface area contributed by atoms with Crippen LogP contribution in [0.1, 0.15) is 13.8 Å². The Morgan fingerprint density at radius 1 is 0.974 bits per heavy atom. The number of hydrogen-bond acceptors (Lipinski definition) is 7. The maximum absolute atomic E-state index is 13.0. The predicted octanol–water partition coefficient (Wildman–Crippen LogP) is 5.24. The number of nitrogens with zero attached hydrogens (tertiary/aromatic N) is 2. The van der Waals surface area contributed by atoms with Gasteiger partial charge in [-0.1, -0.05) is 18.2 Å². The number of methoxy groups -OCH3 is 1. The maximum Gasteiger partial charge on any atom is 0.308 e. The van der Waals surface area contributed by atoms with E-state index in [0.717, 1.165) is 16.9 Å². The van der Waals surface area contributed by atoms with E-state index in [-0.39, 0.29) is 22.6 Å². The average Bonchev–Trinajstić information content (AvgIpc) is 3.40. The van der Waals surface area contributed by atoms with Crippen molar-refractivity contribution in [3.63, 3.8) is 0 Å². The van der Waals surface area contributed by atoms with E-state index in [9.17, 15) is 13.2 Å².